The van der Waals surface area contributed by atoms with E-state index in [4.69, 9.17) is 16.3 Å². The molecule has 0 spiro atoms. The standard InChI is InChI=1S/C33H30ClN3O4/c1-33(2,3)41-32(40)37-18-17-25-22(7-6-10-30(25)37)20-35-28-8-4-5-9-29(28)36-24-14-11-21(12-15-24)27-19-23(34)13-16-26(27)31(38)39/h4-19,35-36H,20H2,1-3H3,(H,38,39). The first-order valence-corrected chi connectivity index (χ1v) is 13.5. The number of nitrogens with one attached hydrogen (secondary N) is 2. The lowest BCUT2D eigenvalue weighted by Gasteiger charge is -2.19. The molecular weight excluding hydrogens is 538 g/mol. The maximum atomic E-state index is 12.7. The van der Waals surface area contributed by atoms with E-state index < -0.39 is 17.7 Å². The van der Waals surface area contributed by atoms with Crippen LogP contribution in [0.4, 0.5) is 21.9 Å². The van der Waals surface area contributed by atoms with Crippen LogP contribution in [0.15, 0.2) is 97.2 Å². The molecule has 5 aromatic rings. The summed E-state index contributed by atoms with van der Waals surface area (Å²) in [5.74, 6) is -1.00. The summed E-state index contributed by atoms with van der Waals surface area (Å²) >= 11 is 6.14. The first-order valence-electron chi connectivity index (χ1n) is 13.1. The SMILES string of the molecule is CC(C)(C)OC(=O)n1ccc2c(CNc3ccccc3Nc3ccc(-c4cc(Cl)ccc4C(=O)O)cc3)cccc21. The van der Waals surface area contributed by atoms with Gasteiger partial charge in [0, 0.05) is 28.8 Å². The number of carbonyl (C=O) groups is 2. The fourth-order valence-electron chi connectivity index (χ4n) is 4.62. The Balaban J connectivity index is 1.33. The van der Waals surface area contributed by atoms with Gasteiger partial charge >= 0.3 is 12.1 Å². The average Bonchev–Trinajstić information content (AvgIpc) is 3.37. The third-order valence-electron chi connectivity index (χ3n) is 6.50. The van der Waals surface area contributed by atoms with Crippen molar-refractivity contribution in [2.45, 2.75) is 32.9 Å². The Labute approximate surface area is 243 Å². The molecule has 4 aromatic carbocycles. The topological polar surface area (TPSA) is 92.6 Å². The molecule has 0 saturated heterocycles. The summed E-state index contributed by atoms with van der Waals surface area (Å²) in [6.45, 7) is 6.08. The van der Waals surface area contributed by atoms with Crippen molar-refractivity contribution in [3.8, 4) is 11.1 Å². The monoisotopic (exact) mass is 567 g/mol. The number of para-hydroxylation sites is 2. The predicted molar refractivity (Wildman–Crippen MR) is 164 cm³/mol. The largest absolute Gasteiger partial charge is 0.478 e. The molecule has 7 nitrogen and oxygen atoms in total. The highest BCUT2D eigenvalue weighted by molar-refractivity contribution is 6.31. The van der Waals surface area contributed by atoms with Crippen LogP contribution < -0.4 is 10.6 Å². The molecule has 0 atom stereocenters. The van der Waals surface area contributed by atoms with Gasteiger partial charge < -0.3 is 20.5 Å². The minimum atomic E-state index is -1.00. The van der Waals surface area contributed by atoms with Crippen LogP contribution in [-0.4, -0.2) is 27.3 Å². The van der Waals surface area contributed by atoms with Gasteiger partial charge in [0.25, 0.3) is 0 Å². The molecule has 0 aliphatic heterocycles. The van der Waals surface area contributed by atoms with E-state index in [0.29, 0.717) is 17.1 Å². The highest BCUT2D eigenvalue weighted by atomic mass is 35.5. The van der Waals surface area contributed by atoms with Crippen LogP contribution in [0.25, 0.3) is 22.0 Å². The maximum absolute atomic E-state index is 12.7. The second kappa shape index (κ2) is 11.4. The molecule has 1 heterocycles. The first kappa shape index (κ1) is 27.8. The lowest BCUT2D eigenvalue weighted by Crippen LogP contribution is -2.26. The number of nitrogens with zero attached hydrogens (tertiary/aromatic N) is 1. The quantitative estimate of drug-likeness (QED) is 0.182. The zero-order valence-electron chi connectivity index (χ0n) is 22.9. The zero-order valence-corrected chi connectivity index (χ0v) is 23.7. The van der Waals surface area contributed by atoms with Gasteiger partial charge in [0.15, 0.2) is 0 Å². The third-order valence-corrected chi connectivity index (χ3v) is 6.73. The molecule has 0 amide bonds. The van der Waals surface area contributed by atoms with E-state index in [1.807, 2.05) is 93.6 Å². The number of carboxylic acid groups (broad SMARTS) is 1. The van der Waals surface area contributed by atoms with Gasteiger partial charge in [0.1, 0.15) is 5.60 Å². The number of hydrogen-bond donors (Lipinski definition) is 3. The van der Waals surface area contributed by atoms with Crippen LogP contribution in [0.3, 0.4) is 0 Å². The fraction of sp³-hybridized carbons (Fsp3) is 0.152. The van der Waals surface area contributed by atoms with Gasteiger partial charge in [-0.05, 0) is 92.1 Å². The maximum Gasteiger partial charge on any atom is 0.418 e. The number of anilines is 3. The van der Waals surface area contributed by atoms with Crippen molar-refractivity contribution in [3.63, 3.8) is 0 Å². The number of hydrogen-bond acceptors (Lipinski definition) is 5. The van der Waals surface area contributed by atoms with Crippen LogP contribution in [-0.2, 0) is 11.3 Å². The van der Waals surface area contributed by atoms with E-state index in [0.717, 1.165) is 39.1 Å². The molecule has 1 aromatic heterocycles. The Morgan fingerprint density at radius 3 is 2.34 bits per heavy atom. The number of benzene rings is 4. The van der Waals surface area contributed by atoms with Crippen molar-refractivity contribution in [2.75, 3.05) is 10.6 Å². The number of carboxylic acids is 1. The van der Waals surface area contributed by atoms with E-state index in [1.54, 1.807) is 18.3 Å². The summed E-state index contributed by atoms with van der Waals surface area (Å²) in [6, 6.07) is 28.0. The Kier molecular flexibility index (Phi) is 7.72. The molecule has 3 N–H and O–H groups in total. The van der Waals surface area contributed by atoms with E-state index >= 15 is 0 Å². The molecule has 5 rings (SSSR count). The highest BCUT2D eigenvalue weighted by Gasteiger charge is 2.19. The number of fused-ring (bicyclic) bond motifs is 1. The number of rotatable bonds is 7. The van der Waals surface area contributed by atoms with E-state index in [9.17, 15) is 14.7 Å². The van der Waals surface area contributed by atoms with E-state index in [2.05, 4.69) is 10.6 Å². The van der Waals surface area contributed by atoms with Crippen molar-refractivity contribution in [3.05, 3.63) is 113 Å². The van der Waals surface area contributed by atoms with Gasteiger partial charge in [-0.3, -0.25) is 4.57 Å². The molecule has 0 aliphatic rings. The third kappa shape index (κ3) is 6.36. The summed E-state index contributed by atoms with van der Waals surface area (Å²) in [4.78, 5) is 24.4. The second-order valence-corrected chi connectivity index (χ2v) is 11.0. The molecule has 0 bridgehead atoms. The molecular formula is C33H30ClN3O4. The molecule has 0 unspecified atom stereocenters. The van der Waals surface area contributed by atoms with Gasteiger partial charge in [0.2, 0.25) is 0 Å². The average molecular weight is 568 g/mol. The summed E-state index contributed by atoms with van der Waals surface area (Å²) < 4.78 is 7.09. The zero-order chi connectivity index (χ0) is 29.1. The van der Waals surface area contributed by atoms with Crippen molar-refractivity contribution in [1.82, 2.24) is 4.57 Å². The second-order valence-electron chi connectivity index (χ2n) is 10.6. The number of ether oxygens (including phenoxy) is 1. The van der Waals surface area contributed by atoms with Gasteiger partial charge in [0.05, 0.1) is 22.5 Å². The molecule has 0 fully saturated rings. The number of halogens is 1. The van der Waals surface area contributed by atoms with Gasteiger partial charge in [-0.25, -0.2) is 9.59 Å². The number of carbonyl (C=O) groups excluding carboxylic acids is 1. The van der Waals surface area contributed by atoms with Gasteiger partial charge in [-0.15, -0.1) is 0 Å². The van der Waals surface area contributed by atoms with Crippen LogP contribution in [0.2, 0.25) is 5.02 Å². The molecule has 0 saturated carbocycles. The Morgan fingerprint density at radius 2 is 1.63 bits per heavy atom. The predicted octanol–water partition coefficient (Wildman–Crippen LogP) is 8.80. The summed E-state index contributed by atoms with van der Waals surface area (Å²) in [5.41, 5.74) is 5.40. The van der Waals surface area contributed by atoms with Crippen molar-refractivity contribution in [1.29, 1.82) is 0 Å². The minimum Gasteiger partial charge on any atom is -0.478 e. The van der Waals surface area contributed by atoms with Gasteiger partial charge in [-0.1, -0.05) is 48.0 Å². The number of aromatic nitrogens is 1. The fourth-order valence-corrected chi connectivity index (χ4v) is 4.80. The highest BCUT2D eigenvalue weighted by Crippen LogP contribution is 2.31. The molecule has 41 heavy (non-hydrogen) atoms. The lowest BCUT2D eigenvalue weighted by atomic mass is 9.99. The first-order chi connectivity index (χ1) is 19.6. The molecule has 8 heteroatoms. The minimum absolute atomic E-state index is 0.195. The van der Waals surface area contributed by atoms with Crippen LogP contribution >= 0.6 is 11.6 Å². The molecule has 0 aliphatic carbocycles. The van der Waals surface area contributed by atoms with Crippen LogP contribution in [0, 0.1) is 0 Å². The van der Waals surface area contributed by atoms with E-state index in [1.165, 1.54) is 10.6 Å². The van der Waals surface area contributed by atoms with E-state index in [-0.39, 0.29) is 5.56 Å². The van der Waals surface area contributed by atoms with Crippen LogP contribution in [0.1, 0.15) is 36.7 Å². The molecule has 0 radical (unpaired) electrons. The smallest absolute Gasteiger partial charge is 0.418 e. The Morgan fingerprint density at radius 1 is 0.902 bits per heavy atom. The van der Waals surface area contributed by atoms with Crippen molar-refractivity contribution >= 4 is 51.6 Å². The summed E-state index contributed by atoms with van der Waals surface area (Å²) in [5, 5.41) is 18.0. The summed E-state index contributed by atoms with van der Waals surface area (Å²) in [7, 11) is 0. The van der Waals surface area contributed by atoms with Crippen molar-refractivity contribution < 1.29 is 19.4 Å². The Bertz CT molecular complexity index is 1740. The molecule has 208 valence electrons. The normalized spacial score (nSPS) is 11.3. The Hall–Kier alpha value is -4.75. The van der Waals surface area contributed by atoms with Gasteiger partial charge in [-0.2, -0.15) is 0 Å². The van der Waals surface area contributed by atoms with Crippen molar-refractivity contribution in [2.24, 2.45) is 0 Å². The van der Waals surface area contributed by atoms with Crippen LogP contribution in [0.5, 0.6) is 0 Å². The lowest BCUT2D eigenvalue weighted by molar-refractivity contribution is 0.0543. The summed E-state index contributed by atoms with van der Waals surface area (Å²) in [6.07, 6.45) is 1.33. The number of aromatic carboxylic acids is 1.